The highest BCUT2D eigenvalue weighted by Crippen LogP contribution is 2.36. The first-order valence-corrected chi connectivity index (χ1v) is 5.10. The maximum Gasteiger partial charge on any atom is 0.223 e. The largest absolute Gasteiger partial charge is 0.352 e. The molecule has 3 nitrogen and oxygen atoms in total. The SMILES string of the molecule is CNC[C@@H](C)NC(=O)[C@H](C)C1CC1. The van der Waals surface area contributed by atoms with E-state index in [1.165, 1.54) is 12.8 Å². The quantitative estimate of drug-likeness (QED) is 0.662. The fraction of sp³-hybridized carbons (Fsp3) is 0.900. The van der Waals surface area contributed by atoms with Gasteiger partial charge >= 0.3 is 0 Å². The van der Waals surface area contributed by atoms with Gasteiger partial charge in [0.05, 0.1) is 0 Å². The summed E-state index contributed by atoms with van der Waals surface area (Å²) in [6.45, 7) is 4.89. The van der Waals surface area contributed by atoms with Crippen molar-refractivity contribution in [1.82, 2.24) is 10.6 Å². The molecule has 0 radical (unpaired) electrons. The van der Waals surface area contributed by atoms with Gasteiger partial charge in [0.25, 0.3) is 0 Å². The zero-order valence-electron chi connectivity index (χ0n) is 8.76. The van der Waals surface area contributed by atoms with Crippen molar-refractivity contribution in [1.29, 1.82) is 0 Å². The van der Waals surface area contributed by atoms with Crippen LogP contribution in [0.2, 0.25) is 0 Å². The molecule has 1 aliphatic carbocycles. The number of rotatable bonds is 5. The average Bonchev–Trinajstić information content (AvgIpc) is 2.85. The molecule has 1 aliphatic rings. The second-order valence-electron chi connectivity index (χ2n) is 4.09. The number of nitrogens with one attached hydrogen (secondary N) is 2. The molecular weight excluding hydrogens is 164 g/mol. The monoisotopic (exact) mass is 184 g/mol. The lowest BCUT2D eigenvalue weighted by atomic mass is 10.1. The number of likely N-dealkylation sites (N-methyl/N-ethyl adjacent to an activating group) is 1. The van der Waals surface area contributed by atoms with E-state index in [0.717, 1.165) is 6.54 Å². The van der Waals surface area contributed by atoms with Gasteiger partial charge in [-0.2, -0.15) is 0 Å². The molecule has 1 saturated carbocycles. The Balaban J connectivity index is 2.22. The minimum absolute atomic E-state index is 0.208. The van der Waals surface area contributed by atoms with Gasteiger partial charge in [0, 0.05) is 18.5 Å². The van der Waals surface area contributed by atoms with Crippen LogP contribution in [-0.2, 0) is 4.79 Å². The third-order valence-electron chi connectivity index (χ3n) is 2.64. The van der Waals surface area contributed by atoms with Crippen molar-refractivity contribution in [2.75, 3.05) is 13.6 Å². The summed E-state index contributed by atoms with van der Waals surface area (Å²) < 4.78 is 0. The number of carbonyl (C=O) groups excluding carboxylic acids is 1. The van der Waals surface area contributed by atoms with Gasteiger partial charge in [-0.1, -0.05) is 6.92 Å². The van der Waals surface area contributed by atoms with E-state index in [1.807, 2.05) is 20.9 Å². The lowest BCUT2D eigenvalue weighted by Crippen LogP contribution is -2.41. The van der Waals surface area contributed by atoms with E-state index < -0.39 is 0 Å². The zero-order valence-corrected chi connectivity index (χ0v) is 8.76. The molecule has 0 bridgehead atoms. The van der Waals surface area contributed by atoms with Crippen molar-refractivity contribution in [2.45, 2.75) is 32.7 Å². The summed E-state index contributed by atoms with van der Waals surface area (Å²) in [5.41, 5.74) is 0. The summed E-state index contributed by atoms with van der Waals surface area (Å²) >= 11 is 0. The van der Waals surface area contributed by atoms with E-state index in [4.69, 9.17) is 0 Å². The molecule has 2 N–H and O–H groups in total. The summed E-state index contributed by atoms with van der Waals surface area (Å²) in [6.07, 6.45) is 2.46. The van der Waals surface area contributed by atoms with Crippen LogP contribution in [0, 0.1) is 11.8 Å². The molecule has 0 heterocycles. The minimum atomic E-state index is 0.208. The van der Waals surface area contributed by atoms with Gasteiger partial charge in [-0.3, -0.25) is 4.79 Å². The Labute approximate surface area is 80.3 Å². The van der Waals surface area contributed by atoms with Crippen molar-refractivity contribution in [3.8, 4) is 0 Å². The van der Waals surface area contributed by atoms with Gasteiger partial charge < -0.3 is 10.6 Å². The molecule has 13 heavy (non-hydrogen) atoms. The Morgan fingerprint density at radius 1 is 1.46 bits per heavy atom. The summed E-state index contributed by atoms with van der Waals surface area (Å²) in [4.78, 5) is 11.6. The molecule has 0 aromatic carbocycles. The van der Waals surface area contributed by atoms with Crippen LogP contribution in [0.3, 0.4) is 0 Å². The van der Waals surface area contributed by atoms with Crippen molar-refractivity contribution in [3.63, 3.8) is 0 Å². The van der Waals surface area contributed by atoms with Crippen LogP contribution in [-0.4, -0.2) is 25.5 Å². The molecule has 2 atom stereocenters. The van der Waals surface area contributed by atoms with Crippen LogP contribution in [0.15, 0.2) is 0 Å². The summed E-state index contributed by atoms with van der Waals surface area (Å²) in [7, 11) is 1.90. The van der Waals surface area contributed by atoms with E-state index in [1.54, 1.807) is 0 Å². The Morgan fingerprint density at radius 2 is 2.08 bits per heavy atom. The highest BCUT2D eigenvalue weighted by atomic mass is 16.1. The van der Waals surface area contributed by atoms with Crippen molar-refractivity contribution < 1.29 is 4.79 Å². The van der Waals surface area contributed by atoms with E-state index in [9.17, 15) is 4.79 Å². The Kier molecular flexibility index (Phi) is 3.72. The molecule has 0 aromatic heterocycles. The maximum atomic E-state index is 11.6. The lowest BCUT2D eigenvalue weighted by Gasteiger charge is -2.16. The van der Waals surface area contributed by atoms with E-state index in [2.05, 4.69) is 10.6 Å². The number of amides is 1. The van der Waals surface area contributed by atoms with Gasteiger partial charge in [-0.05, 0) is 32.7 Å². The fourth-order valence-corrected chi connectivity index (χ4v) is 1.54. The van der Waals surface area contributed by atoms with Gasteiger partial charge in [0.2, 0.25) is 5.91 Å². The predicted molar refractivity (Wildman–Crippen MR) is 53.4 cm³/mol. The molecule has 0 aliphatic heterocycles. The van der Waals surface area contributed by atoms with Gasteiger partial charge in [0.1, 0.15) is 0 Å². The summed E-state index contributed by atoms with van der Waals surface area (Å²) in [5.74, 6) is 1.08. The smallest absolute Gasteiger partial charge is 0.223 e. The molecule has 1 amide bonds. The topological polar surface area (TPSA) is 41.1 Å². The normalized spacial score (nSPS) is 20.8. The molecule has 0 spiro atoms. The Hall–Kier alpha value is -0.570. The van der Waals surface area contributed by atoms with Crippen LogP contribution in [0.4, 0.5) is 0 Å². The first-order chi connectivity index (χ1) is 6.15. The van der Waals surface area contributed by atoms with E-state index >= 15 is 0 Å². The molecule has 76 valence electrons. The van der Waals surface area contributed by atoms with E-state index in [-0.39, 0.29) is 17.9 Å². The zero-order chi connectivity index (χ0) is 9.84. The van der Waals surface area contributed by atoms with Crippen molar-refractivity contribution in [2.24, 2.45) is 11.8 Å². The maximum absolute atomic E-state index is 11.6. The fourth-order valence-electron chi connectivity index (χ4n) is 1.54. The van der Waals surface area contributed by atoms with Crippen LogP contribution in [0.1, 0.15) is 26.7 Å². The number of carbonyl (C=O) groups is 1. The lowest BCUT2D eigenvalue weighted by molar-refractivity contribution is -0.125. The molecule has 0 saturated heterocycles. The molecule has 3 heteroatoms. The average molecular weight is 184 g/mol. The highest BCUT2D eigenvalue weighted by Gasteiger charge is 2.32. The van der Waals surface area contributed by atoms with Crippen LogP contribution in [0.25, 0.3) is 0 Å². The van der Waals surface area contributed by atoms with Gasteiger partial charge in [-0.25, -0.2) is 0 Å². The first-order valence-electron chi connectivity index (χ1n) is 5.10. The van der Waals surface area contributed by atoms with Crippen molar-refractivity contribution >= 4 is 5.91 Å². The molecule has 0 aromatic rings. The number of hydrogen-bond donors (Lipinski definition) is 2. The van der Waals surface area contributed by atoms with Crippen molar-refractivity contribution in [3.05, 3.63) is 0 Å². The van der Waals surface area contributed by atoms with Crippen LogP contribution in [0.5, 0.6) is 0 Å². The Bertz CT molecular complexity index is 178. The standard InChI is InChI=1S/C10H20N2O/c1-7(6-11-3)12-10(13)8(2)9-4-5-9/h7-9,11H,4-6H2,1-3H3,(H,12,13)/t7-,8-/m1/s1. The first kappa shape index (κ1) is 10.5. The molecular formula is C10H20N2O. The summed E-state index contributed by atoms with van der Waals surface area (Å²) in [5, 5.41) is 6.04. The second kappa shape index (κ2) is 4.61. The van der Waals surface area contributed by atoms with Crippen LogP contribution >= 0.6 is 0 Å². The Morgan fingerprint density at radius 3 is 2.54 bits per heavy atom. The second-order valence-corrected chi connectivity index (χ2v) is 4.09. The molecule has 1 fully saturated rings. The van der Waals surface area contributed by atoms with Crippen LogP contribution < -0.4 is 10.6 Å². The third kappa shape index (κ3) is 3.35. The number of hydrogen-bond acceptors (Lipinski definition) is 2. The van der Waals surface area contributed by atoms with Gasteiger partial charge in [0.15, 0.2) is 0 Å². The predicted octanol–water partition coefficient (Wildman–Crippen LogP) is 0.757. The molecule has 0 unspecified atom stereocenters. The highest BCUT2D eigenvalue weighted by molar-refractivity contribution is 5.79. The molecule has 1 rings (SSSR count). The third-order valence-corrected chi connectivity index (χ3v) is 2.64. The van der Waals surface area contributed by atoms with Gasteiger partial charge in [-0.15, -0.1) is 0 Å². The minimum Gasteiger partial charge on any atom is -0.352 e. The summed E-state index contributed by atoms with van der Waals surface area (Å²) in [6, 6.07) is 0.235. The van der Waals surface area contributed by atoms with E-state index in [0.29, 0.717) is 5.92 Å².